The lowest BCUT2D eigenvalue weighted by atomic mass is 10.0. The smallest absolute Gasteiger partial charge is 0.0540 e. The first-order valence-corrected chi connectivity index (χ1v) is 16.8. The van der Waals surface area contributed by atoms with Crippen LogP contribution in [0.4, 0.5) is 34.1 Å². The summed E-state index contributed by atoms with van der Waals surface area (Å²) in [5.74, 6) is 0. The van der Waals surface area contributed by atoms with Crippen LogP contribution in [0.5, 0.6) is 0 Å². The first-order chi connectivity index (χ1) is 24.2. The zero-order chi connectivity index (χ0) is 33.0. The zero-order valence-electron chi connectivity index (χ0n) is 27.4. The average molecular weight is 629 g/mol. The van der Waals surface area contributed by atoms with Crippen LogP contribution in [0.15, 0.2) is 188 Å². The second kappa shape index (κ2) is 13.4. The molecule has 0 aromatic heterocycles. The van der Waals surface area contributed by atoms with Crippen LogP contribution < -0.4 is 9.80 Å². The normalized spacial score (nSPS) is 11.3. The number of aryl methyl sites for hydroxylation is 1. The van der Waals surface area contributed by atoms with Gasteiger partial charge in [0.1, 0.15) is 0 Å². The Morgan fingerprint density at radius 3 is 1.29 bits per heavy atom. The molecule has 0 bridgehead atoms. The number of hydrogen-bond donors (Lipinski definition) is 0. The second-order valence-corrected chi connectivity index (χ2v) is 12.3. The Bertz CT molecular complexity index is 2300. The van der Waals surface area contributed by atoms with Gasteiger partial charge in [0.15, 0.2) is 0 Å². The highest BCUT2D eigenvalue weighted by Crippen LogP contribution is 2.42. The summed E-state index contributed by atoms with van der Waals surface area (Å²) >= 11 is 0. The molecular formula is C47H36N2. The van der Waals surface area contributed by atoms with Crippen molar-refractivity contribution in [3.63, 3.8) is 0 Å². The first kappa shape index (κ1) is 30.0. The van der Waals surface area contributed by atoms with Crippen LogP contribution in [-0.2, 0) is 0 Å². The van der Waals surface area contributed by atoms with Crippen LogP contribution in [0.2, 0.25) is 0 Å². The van der Waals surface area contributed by atoms with Crippen LogP contribution in [-0.4, -0.2) is 0 Å². The number of para-hydroxylation sites is 2. The third-order valence-electron chi connectivity index (χ3n) is 9.16. The summed E-state index contributed by atoms with van der Waals surface area (Å²) in [4.78, 5) is 4.71. The molecule has 0 radical (unpaired) electrons. The second-order valence-electron chi connectivity index (χ2n) is 12.3. The highest BCUT2D eigenvalue weighted by Gasteiger charge is 2.17. The van der Waals surface area contributed by atoms with Crippen molar-refractivity contribution in [3.05, 3.63) is 205 Å². The summed E-state index contributed by atoms with van der Waals surface area (Å²) in [6.07, 6.45) is 4.38. The monoisotopic (exact) mass is 628 g/mol. The van der Waals surface area contributed by atoms with E-state index < -0.39 is 0 Å². The Kier molecular flexibility index (Phi) is 8.19. The first-order valence-electron chi connectivity index (χ1n) is 16.8. The molecule has 2 heteroatoms. The highest BCUT2D eigenvalue weighted by atomic mass is 15.1. The highest BCUT2D eigenvalue weighted by molar-refractivity contribution is 6.04. The summed E-state index contributed by atoms with van der Waals surface area (Å²) in [6.45, 7) is 2.16. The van der Waals surface area contributed by atoms with E-state index in [9.17, 15) is 0 Å². The Morgan fingerprint density at radius 1 is 0.327 bits per heavy atom. The zero-order valence-corrected chi connectivity index (χ0v) is 27.4. The fraction of sp³-hybridized carbons (Fsp3) is 0.0213. The molecule has 0 aliphatic rings. The van der Waals surface area contributed by atoms with Gasteiger partial charge in [0.05, 0.1) is 11.4 Å². The molecular weight excluding hydrogens is 593 g/mol. The molecule has 8 rings (SSSR count). The molecule has 0 fully saturated rings. The van der Waals surface area contributed by atoms with E-state index in [0.717, 1.165) is 39.6 Å². The summed E-state index contributed by atoms with van der Waals surface area (Å²) in [6, 6.07) is 67.1. The predicted molar refractivity (Wildman–Crippen MR) is 211 cm³/mol. The van der Waals surface area contributed by atoms with E-state index in [4.69, 9.17) is 0 Å². The van der Waals surface area contributed by atoms with Crippen molar-refractivity contribution in [2.45, 2.75) is 6.92 Å². The fourth-order valence-electron chi connectivity index (χ4n) is 6.69. The van der Waals surface area contributed by atoms with Gasteiger partial charge in [-0.05, 0) is 89.0 Å². The standard InChI is InChI=1S/C47H36N2/c1-35-13-5-10-22-45(35)48(40-18-3-2-4-19-40)41-31-27-36(28-32-41)25-26-37-29-33-42(34-30-37)49(46-23-11-16-38-14-6-8-20-43(38)46)47-24-12-17-39-15-7-9-21-44(39)47/h2-34H,1H3. The van der Waals surface area contributed by atoms with Gasteiger partial charge in [0.2, 0.25) is 0 Å². The molecule has 234 valence electrons. The molecule has 0 N–H and O–H groups in total. The molecule has 0 aliphatic carbocycles. The molecule has 0 unspecified atom stereocenters. The molecule has 8 aromatic rings. The summed E-state index contributed by atoms with van der Waals surface area (Å²) in [5.41, 5.74) is 10.4. The van der Waals surface area contributed by atoms with Gasteiger partial charge in [-0.3, -0.25) is 0 Å². The van der Waals surface area contributed by atoms with Crippen molar-refractivity contribution in [2.24, 2.45) is 0 Å². The van der Waals surface area contributed by atoms with Gasteiger partial charge >= 0.3 is 0 Å². The van der Waals surface area contributed by atoms with Gasteiger partial charge in [-0.25, -0.2) is 0 Å². The number of fused-ring (bicyclic) bond motifs is 2. The van der Waals surface area contributed by atoms with E-state index >= 15 is 0 Å². The topological polar surface area (TPSA) is 6.48 Å². The third-order valence-corrected chi connectivity index (χ3v) is 9.16. The lowest BCUT2D eigenvalue weighted by molar-refractivity contribution is 1.25. The van der Waals surface area contributed by atoms with Crippen molar-refractivity contribution in [1.82, 2.24) is 0 Å². The Morgan fingerprint density at radius 2 is 0.735 bits per heavy atom. The molecule has 0 saturated carbocycles. The molecule has 0 aliphatic heterocycles. The van der Waals surface area contributed by atoms with Gasteiger partial charge in [0, 0.05) is 33.5 Å². The maximum atomic E-state index is 2.39. The SMILES string of the molecule is Cc1ccccc1N(c1ccccc1)c1ccc(C=Cc2ccc(N(c3cccc4ccccc34)c3cccc4ccccc34)cc2)cc1. The molecule has 0 saturated heterocycles. The van der Waals surface area contributed by atoms with E-state index in [1.807, 2.05) is 0 Å². The Labute approximate surface area is 288 Å². The number of nitrogens with zero attached hydrogens (tertiary/aromatic N) is 2. The average Bonchev–Trinajstić information content (AvgIpc) is 3.17. The van der Waals surface area contributed by atoms with Crippen molar-refractivity contribution in [1.29, 1.82) is 0 Å². The molecule has 8 aromatic carbocycles. The minimum Gasteiger partial charge on any atom is -0.310 e. The van der Waals surface area contributed by atoms with E-state index in [-0.39, 0.29) is 0 Å². The molecule has 0 amide bonds. The summed E-state index contributed by atoms with van der Waals surface area (Å²) < 4.78 is 0. The van der Waals surface area contributed by atoms with E-state index in [0.29, 0.717) is 0 Å². The van der Waals surface area contributed by atoms with Gasteiger partial charge in [-0.2, -0.15) is 0 Å². The van der Waals surface area contributed by atoms with Crippen LogP contribution in [0.1, 0.15) is 16.7 Å². The fourth-order valence-corrected chi connectivity index (χ4v) is 6.69. The predicted octanol–water partition coefficient (Wildman–Crippen LogP) is 13.4. The maximum Gasteiger partial charge on any atom is 0.0540 e. The minimum absolute atomic E-state index is 1.12. The largest absolute Gasteiger partial charge is 0.310 e. The minimum atomic E-state index is 1.12. The maximum absolute atomic E-state index is 2.39. The molecule has 0 spiro atoms. The lowest BCUT2D eigenvalue weighted by Gasteiger charge is -2.28. The molecule has 49 heavy (non-hydrogen) atoms. The molecule has 0 atom stereocenters. The van der Waals surface area contributed by atoms with E-state index in [1.54, 1.807) is 0 Å². The number of anilines is 6. The lowest BCUT2D eigenvalue weighted by Crippen LogP contribution is -2.11. The van der Waals surface area contributed by atoms with Crippen molar-refractivity contribution in [2.75, 3.05) is 9.80 Å². The summed E-state index contributed by atoms with van der Waals surface area (Å²) in [7, 11) is 0. The van der Waals surface area contributed by atoms with Gasteiger partial charge in [0.25, 0.3) is 0 Å². The van der Waals surface area contributed by atoms with Crippen LogP contribution in [0.3, 0.4) is 0 Å². The van der Waals surface area contributed by atoms with Gasteiger partial charge in [-0.1, -0.05) is 146 Å². The van der Waals surface area contributed by atoms with Crippen molar-refractivity contribution < 1.29 is 0 Å². The molecule has 0 heterocycles. The van der Waals surface area contributed by atoms with Crippen molar-refractivity contribution in [3.8, 4) is 0 Å². The van der Waals surface area contributed by atoms with Crippen molar-refractivity contribution >= 4 is 67.8 Å². The van der Waals surface area contributed by atoms with Gasteiger partial charge in [-0.15, -0.1) is 0 Å². The number of rotatable bonds is 8. The quantitative estimate of drug-likeness (QED) is 0.155. The Balaban J connectivity index is 1.11. The Hall–Kier alpha value is -6.38. The third kappa shape index (κ3) is 6.08. The van der Waals surface area contributed by atoms with E-state index in [1.165, 1.54) is 32.8 Å². The van der Waals surface area contributed by atoms with Crippen LogP contribution >= 0.6 is 0 Å². The van der Waals surface area contributed by atoms with E-state index in [2.05, 4.69) is 217 Å². The number of benzene rings is 8. The molecule has 2 nitrogen and oxygen atoms in total. The van der Waals surface area contributed by atoms with Gasteiger partial charge < -0.3 is 9.80 Å². The number of hydrogen-bond acceptors (Lipinski definition) is 2. The van der Waals surface area contributed by atoms with Crippen LogP contribution in [0, 0.1) is 6.92 Å². The van der Waals surface area contributed by atoms with Crippen LogP contribution in [0.25, 0.3) is 33.7 Å². The summed E-state index contributed by atoms with van der Waals surface area (Å²) in [5, 5.41) is 4.89.